The zero-order valence-electron chi connectivity index (χ0n) is 19.0. The number of ether oxygens (including phenoxy) is 3. The minimum absolute atomic E-state index is 0.0279. The summed E-state index contributed by atoms with van der Waals surface area (Å²) in [6, 6.07) is 22.1. The number of halogens is 1. The third-order valence-electron chi connectivity index (χ3n) is 4.76. The predicted molar refractivity (Wildman–Crippen MR) is 136 cm³/mol. The molecule has 0 aliphatic heterocycles. The van der Waals surface area contributed by atoms with E-state index in [0.717, 1.165) is 16.5 Å². The topological polar surface area (TPSA) is 80.6 Å². The Hall–Kier alpha value is -3.76. The molecule has 0 radical (unpaired) electrons. The van der Waals surface area contributed by atoms with Crippen molar-refractivity contribution < 1.29 is 19.0 Å². The van der Waals surface area contributed by atoms with Crippen LogP contribution in [0, 0.1) is 11.3 Å². The summed E-state index contributed by atoms with van der Waals surface area (Å²) in [5, 5.41) is 12.3. The molecule has 3 aromatic carbocycles. The summed E-state index contributed by atoms with van der Waals surface area (Å²) in [4.78, 5) is 12.6. The molecule has 3 rings (SSSR count). The van der Waals surface area contributed by atoms with Crippen LogP contribution in [0.15, 0.2) is 76.8 Å². The fourth-order valence-corrected chi connectivity index (χ4v) is 3.27. The largest absolute Gasteiger partial charge is 0.493 e. The average molecular weight is 521 g/mol. The second-order valence-corrected chi connectivity index (χ2v) is 8.24. The van der Waals surface area contributed by atoms with E-state index in [4.69, 9.17) is 14.2 Å². The lowest BCUT2D eigenvalue weighted by atomic mass is 10.1. The first-order chi connectivity index (χ1) is 16.5. The molecule has 1 amide bonds. The normalized spacial score (nSPS) is 10.8. The number of nitriles is 1. The zero-order valence-corrected chi connectivity index (χ0v) is 20.6. The second-order valence-electron chi connectivity index (χ2n) is 7.32. The van der Waals surface area contributed by atoms with Gasteiger partial charge in [0.15, 0.2) is 11.5 Å². The van der Waals surface area contributed by atoms with E-state index in [1.54, 1.807) is 49.6 Å². The van der Waals surface area contributed by atoms with E-state index in [-0.39, 0.29) is 5.57 Å². The van der Waals surface area contributed by atoms with Crippen molar-refractivity contribution >= 4 is 33.6 Å². The van der Waals surface area contributed by atoms with Crippen LogP contribution in [0.4, 0.5) is 5.69 Å². The number of benzene rings is 3. The zero-order chi connectivity index (χ0) is 24.3. The van der Waals surface area contributed by atoms with Crippen molar-refractivity contribution in [1.82, 2.24) is 0 Å². The van der Waals surface area contributed by atoms with Crippen LogP contribution in [0.3, 0.4) is 0 Å². The van der Waals surface area contributed by atoms with Gasteiger partial charge in [0.2, 0.25) is 0 Å². The molecule has 34 heavy (non-hydrogen) atoms. The van der Waals surface area contributed by atoms with Gasteiger partial charge < -0.3 is 19.5 Å². The minimum atomic E-state index is -0.503. The lowest BCUT2D eigenvalue weighted by Gasteiger charge is -2.11. The highest BCUT2D eigenvalue weighted by Crippen LogP contribution is 2.29. The number of carbonyl (C=O) groups is 1. The lowest BCUT2D eigenvalue weighted by Crippen LogP contribution is -2.13. The number of anilines is 1. The highest BCUT2D eigenvalue weighted by atomic mass is 79.9. The standard InChI is InChI=1S/C27H25BrN2O4/c1-3-14-33-25-13-6-20(16-26(25)32-2)15-21(17-29)27(31)30-23-9-11-24(12-10-23)34-18-19-4-7-22(28)8-5-19/h4-13,15-16H,3,14,18H2,1-2H3,(H,30,31)/b21-15+. The van der Waals surface area contributed by atoms with Crippen LogP contribution in [0.25, 0.3) is 6.08 Å². The molecule has 0 aliphatic carbocycles. The molecule has 0 heterocycles. The van der Waals surface area contributed by atoms with E-state index < -0.39 is 5.91 Å². The average Bonchev–Trinajstić information content (AvgIpc) is 2.86. The second kappa shape index (κ2) is 12.5. The molecular weight excluding hydrogens is 496 g/mol. The van der Waals surface area contributed by atoms with Crippen molar-refractivity contribution in [2.24, 2.45) is 0 Å². The van der Waals surface area contributed by atoms with Gasteiger partial charge >= 0.3 is 0 Å². The summed E-state index contributed by atoms with van der Waals surface area (Å²) in [7, 11) is 1.55. The van der Waals surface area contributed by atoms with Crippen molar-refractivity contribution in [2.75, 3.05) is 19.0 Å². The van der Waals surface area contributed by atoms with Crippen LogP contribution in [-0.2, 0) is 11.4 Å². The van der Waals surface area contributed by atoms with Gasteiger partial charge in [0, 0.05) is 10.2 Å². The summed E-state index contributed by atoms with van der Waals surface area (Å²) >= 11 is 3.41. The number of hydrogen-bond donors (Lipinski definition) is 1. The molecule has 0 fully saturated rings. The first kappa shape index (κ1) is 24.9. The van der Waals surface area contributed by atoms with E-state index in [9.17, 15) is 10.1 Å². The molecule has 0 aliphatic rings. The molecular formula is C27H25BrN2O4. The molecule has 0 atom stereocenters. The van der Waals surface area contributed by atoms with Crippen LogP contribution in [0.5, 0.6) is 17.2 Å². The smallest absolute Gasteiger partial charge is 0.266 e. The van der Waals surface area contributed by atoms with Gasteiger partial charge in [0.05, 0.1) is 13.7 Å². The lowest BCUT2D eigenvalue weighted by molar-refractivity contribution is -0.112. The monoisotopic (exact) mass is 520 g/mol. The van der Waals surface area contributed by atoms with Crippen molar-refractivity contribution in [2.45, 2.75) is 20.0 Å². The highest BCUT2D eigenvalue weighted by Gasteiger charge is 2.11. The van der Waals surface area contributed by atoms with Gasteiger partial charge in [-0.1, -0.05) is 41.1 Å². The number of carbonyl (C=O) groups excluding carboxylic acids is 1. The first-order valence-corrected chi connectivity index (χ1v) is 11.5. The Kier molecular flexibility index (Phi) is 9.12. The number of rotatable bonds is 10. The van der Waals surface area contributed by atoms with Crippen molar-refractivity contribution in [3.8, 4) is 23.3 Å². The molecule has 0 bridgehead atoms. The summed E-state index contributed by atoms with van der Waals surface area (Å²) in [6.45, 7) is 3.03. The Morgan fingerprint density at radius 1 is 1.03 bits per heavy atom. The van der Waals surface area contributed by atoms with Crippen LogP contribution in [-0.4, -0.2) is 19.6 Å². The predicted octanol–water partition coefficient (Wildman–Crippen LogP) is 6.37. The van der Waals surface area contributed by atoms with Gasteiger partial charge in [0.25, 0.3) is 5.91 Å². The Morgan fingerprint density at radius 3 is 2.41 bits per heavy atom. The third kappa shape index (κ3) is 7.12. The summed E-state index contributed by atoms with van der Waals surface area (Å²) < 4.78 is 17.8. The maximum absolute atomic E-state index is 12.6. The van der Waals surface area contributed by atoms with Crippen molar-refractivity contribution in [3.05, 3.63) is 87.9 Å². The SMILES string of the molecule is CCCOc1ccc(/C=C(\C#N)C(=O)Nc2ccc(OCc3ccc(Br)cc3)cc2)cc1OC. The van der Waals surface area contributed by atoms with Crippen LogP contribution >= 0.6 is 15.9 Å². The molecule has 1 N–H and O–H groups in total. The third-order valence-corrected chi connectivity index (χ3v) is 5.29. The maximum Gasteiger partial charge on any atom is 0.266 e. The van der Waals surface area contributed by atoms with Gasteiger partial charge in [-0.3, -0.25) is 4.79 Å². The Morgan fingerprint density at radius 2 is 1.76 bits per heavy atom. The highest BCUT2D eigenvalue weighted by molar-refractivity contribution is 9.10. The van der Waals surface area contributed by atoms with Gasteiger partial charge in [-0.15, -0.1) is 0 Å². The fourth-order valence-electron chi connectivity index (χ4n) is 3.00. The molecule has 3 aromatic rings. The fraction of sp³-hybridized carbons (Fsp3) is 0.185. The quantitative estimate of drug-likeness (QED) is 0.248. The van der Waals surface area contributed by atoms with Crippen molar-refractivity contribution in [1.29, 1.82) is 5.26 Å². The van der Waals surface area contributed by atoms with E-state index >= 15 is 0 Å². The van der Waals surface area contributed by atoms with Crippen molar-refractivity contribution in [3.63, 3.8) is 0 Å². The number of nitrogens with one attached hydrogen (secondary N) is 1. The van der Waals surface area contributed by atoms with Crippen LogP contribution in [0.1, 0.15) is 24.5 Å². The molecule has 0 spiro atoms. The molecule has 7 heteroatoms. The molecule has 0 unspecified atom stereocenters. The number of nitrogens with zero attached hydrogens (tertiary/aromatic N) is 1. The molecule has 0 saturated carbocycles. The Balaban J connectivity index is 1.63. The van der Waals surface area contributed by atoms with Gasteiger partial charge in [-0.2, -0.15) is 5.26 Å². The van der Waals surface area contributed by atoms with Gasteiger partial charge in [0.1, 0.15) is 24.0 Å². The number of methoxy groups -OCH3 is 1. The van der Waals surface area contributed by atoms with Gasteiger partial charge in [-0.25, -0.2) is 0 Å². The van der Waals surface area contributed by atoms with Crippen LogP contribution < -0.4 is 19.5 Å². The van der Waals surface area contributed by atoms with E-state index in [1.807, 2.05) is 37.3 Å². The van der Waals surface area contributed by atoms with E-state index in [1.165, 1.54) is 6.08 Å². The molecule has 0 aromatic heterocycles. The minimum Gasteiger partial charge on any atom is -0.493 e. The molecule has 174 valence electrons. The van der Waals surface area contributed by atoms with Crippen LogP contribution in [0.2, 0.25) is 0 Å². The number of hydrogen-bond acceptors (Lipinski definition) is 5. The Bertz CT molecular complexity index is 1180. The van der Waals surface area contributed by atoms with E-state index in [2.05, 4.69) is 21.2 Å². The maximum atomic E-state index is 12.6. The van der Waals surface area contributed by atoms with Gasteiger partial charge in [-0.05, 0) is 72.2 Å². The first-order valence-electron chi connectivity index (χ1n) is 10.7. The summed E-state index contributed by atoms with van der Waals surface area (Å²) in [6.07, 6.45) is 2.39. The van der Waals surface area contributed by atoms with E-state index in [0.29, 0.717) is 41.7 Å². The summed E-state index contributed by atoms with van der Waals surface area (Å²) in [5.41, 5.74) is 2.23. The Labute approximate surface area is 207 Å². The molecule has 0 saturated heterocycles. The number of amides is 1. The summed E-state index contributed by atoms with van der Waals surface area (Å²) in [5.74, 6) is 1.33. The molecule has 6 nitrogen and oxygen atoms in total.